The monoisotopic (exact) mass is 681 g/mol. The van der Waals surface area contributed by atoms with E-state index in [9.17, 15) is 54.7 Å². The molecule has 11 N–H and O–H groups in total. The van der Waals surface area contributed by atoms with E-state index >= 15 is 0 Å². The van der Waals surface area contributed by atoms with E-state index in [-0.39, 0.29) is 0 Å². The molecule has 17 nitrogen and oxygen atoms in total. The van der Waals surface area contributed by atoms with Crippen molar-refractivity contribution in [3.8, 4) is 0 Å². The largest absolute Gasteiger partial charge is 0.394 e. The van der Waals surface area contributed by atoms with Crippen LogP contribution in [0.1, 0.15) is 33.1 Å². The maximum Gasteiger partial charge on any atom is 0.283 e. The van der Waals surface area contributed by atoms with Crippen molar-refractivity contribution in [2.75, 3.05) is 33.0 Å². The lowest BCUT2D eigenvalue weighted by molar-refractivity contribution is -0.396. The summed E-state index contributed by atoms with van der Waals surface area (Å²) in [6.45, 7) is -1.14. The summed E-state index contributed by atoms with van der Waals surface area (Å²) in [4.78, 5) is 0. The zero-order chi connectivity index (χ0) is 34.3. The molecule has 3 aliphatic heterocycles. The average molecular weight is 682 g/mol. The van der Waals surface area contributed by atoms with Crippen LogP contribution in [-0.4, -0.2) is 183 Å². The van der Waals surface area contributed by atoms with Gasteiger partial charge in [0.2, 0.25) is 0 Å². The number of hydrogen-bond donors (Lipinski definition) is 10. The van der Waals surface area contributed by atoms with Gasteiger partial charge in [0, 0.05) is 0 Å². The lowest BCUT2D eigenvalue weighted by Gasteiger charge is -2.49. The first kappa shape index (κ1) is 39.6. The van der Waals surface area contributed by atoms with Gasteiger partial charge in [-0.1, -0.05) is 20.3 Å². The highest BCUT2D eigenvalue weighted by Crippen LogP contribution is 2.34. The van der Waals surface area contributed by atoms with Gasteiger partial charge >= 0.3 is 0 Å². The van der Waals surface area contributed by atoms with Crippen LogP contribution >= 0.6 is 0 Å². The van der Waals surface area contributed by atoms with E-state index in [2.05, 4.69) is 0 Å². The molecule has 3 heterocycles. The molecule has 0 aromatic heterocycles. The summed E-state index contributed by atoms with van der Waals surface area (Å²) >= 11 is 0. The summed E-state index contributed by atoms with van der Waals surface area (Å²) in [5, 5.41) is 94.0. The predicted molar refractivity (Wildman–Crippen MR) is 147 cm³/mol. The van der Waals surface area contributed by atoms with Crippen LogP contribution in [0.15, 0.2) is 0 Å². The van der Waals surface area contributed by atoms with E-state index < -0.39 is 137 Å². The van der Waals surface area contributed by atoms with Crippen molar-refractivity contribution in [1.82, 2.24) is 0 Å². The Morgan fingerprint density at radius 3 is 1.65 bits per heavy atom. The smallest absolute Gasteiger partial charge is 0.283 e. The van der Waals surface area contributed by atoms with Gasteiger partial charge in [-0.2, -0.15) is 0 Å². The second-order valence-electron chi connectivity index (χ2n) is 11.6. The zero-order valence-electron chi connectivity index (χ0n) is 25.6. The third-order valence-corrected chi connectivity index (χ3v) is 8.23. The Morgan fingerprint density at radius 1 is 0.674 bits per heavy atom. The van der Waals surface area contributed by atoms with Gasteiger partial charge in [0.15, 0.2) is 18.9 Å². The second kappa shape index (κ2) is 17.7. The van der Waals surface area contributed by atoms with E-state index in [1.807, 2.05) is 13.8 Å². The minimum Gasteiger partial charge on any atom is -0.394 e. The van der Waals surface area contributed by atoms with Crippen LogP contribution in [0.4, 0.5) is 8.78 Å². The van der Waals surface area contributed by atoms with E-state index in [4.69, 9.17) is 38.9 Å². The summed E-state index contributed by atoms with van der Waals surface area (Å²) in [6.07, 6.45) is -24.3. The molecule has 0 aromatic rings. The van der Waals surface area contributed by atoms with Gasteiger partial charge in [-0.15, -0.1) is 0 Å². The number of ether oxygens (including phenoxy) is 7. The molecule has 3 aliphatic rings. The van der Waals surface area contributed by atoms with Crippen molar-refractivity contribution >= 4 is 0 Å². The minimum atomic E-state index is -3.55. The van der Waals surface area contributed by atoms with Gasteiger partial charge < -0.3 is 84.9 Å². The number of rotatable bonds is 16. The molecule has 16 atom stereocenters. The maximum absolute atomic E-state index is 13.9. The molecule has 3 rings (SSSR count). The number of nitrogens with two attached hydrogens (primary N) is 1. The van der Waals surface area contributed by atoms with E-state index in [1.54, 1.807) is 0 Å². The molecule has 10 unspecified atom stereocenters. The van der Waals surface area contributed by atoms with Gasteiger partial charge in [-0.3, -0.25) is 0 Å². The molecule has 3 fully saturated rings. The molecule has 3 saturated heterocycles. The Morgan fingerprint density at radius 2 is 1.15 bits per heavy atom. The van der Waals surface area contributed by atoms with E-state index in [0.717, 1.165) is 6.42 Å². The SMILES string of the molecule is CCCC(CC)OC1C(O)[C@H](OC2C(O)[C@H](O)C(CO)O[C@@H]2OC2C(O)[C@H](O)C(CO)O[C@@H]2OCC(F)(F)CN)OC(CO)[C@H]1O. The third-order valence-electron chi connectivity index (χ3n) is 8.23. The fourth-order valence-electron chi connectivity index (χ4n) is 5.46. The number of hydrogen-bond acceptors (Lipinski definition) is 17. The first-order valence-corrected chi connectivity index (χ1v) is 15.3. The number of alkyl halides is 2. The minimum absolute atomic E-state index is 0.394. The summed E-state index contributed by atoms with van der Waals surface area (Å²) in [7, 11) is 0. The molecule has 19 heteroatoms. The van der Waals surface area contributed by atoms with Crippen LogP contribution in [0.25, 0.3) is 0 Å². The molecular weight excluding hydrogens is 632 g/mol. The summed E-state index contributed by atoms with van der Waals surface area (Å²) in [5.41, 5.74) is 5.06. The van der Waals surface area contributed by atoms with Crippen molar-refractivity contribution in [3.05, 3.63) is 0 Å². The summed E-state index contributed by atoms with van der Waals surface area (Å²) in [5.74, 6) is -3.55. The van der Waals surface area contributed by atoms with Crippen LogP contribution in [0.3, 0.4) is 0 Å². The normalized spacial score (nSPS) is 43.0. The van der Waals surface area contributed by atoms with Gasteiger partial charge in [0.1, 0.15) is 79.9 Å². The van der Waals surface area contributed by atoms with Crippen LogP contribution in [-0.2, 0) is 33.2 Å². The van der Waals surface area contributed by atoms with Crippen molar-refractivity contribution in [1.29, 1.82) is 0 Å². The Kier molecular flexibility index (Phi) is 15.3. The third kappa shape index (κ3) is 9.24. The molecule has 0 spiro atoms. The van der Waals surface area contributed by atoms with Gasteiger partial charge in [-0.05, 0) is 12.8 Å². The quantitative estimate of drug-likeness (QED) is 0.0737. The van der Waals surface area contributed by atoms with Crippen LogP contribution in [0.2, 0.25) is 0 Å². The lowest BCUT2D eigenvalue weighted by Crippen LogP contribution is -2.67. The molecule has 0 aromatic carbocycles. The standard InChI is InChI=1S/C27H49F2NO16/c1-3-5-11(4-2)41-21-17(36)14(8-33)42-24(20(21)39)45-23-19(38)16(35)13(7-32)44-26(23)46-22-18(37)15(34)12(6-31)43-25(22)40-10-27(28,29)9-30/h11-26,31-39H,3-10,30H2,1-2H3/t11?,12?,13?,14?,15-,16-,17-,18?,19?,20?,21?,22?,23?,24+,25+,26-/m1/s1. The molecule has 272 valence electrons. The highest BCUT2D eigenvalue weighted by atomic mass is 19.3. The molecule has 0 amide bonds. The van der Waals surface area contributed by atoms with Crippen LogP contribution in [0, 0.1) is 0 Å². The average Bonchev–Trinajstić information content (AvgIpc) is 3.04. The van der Waals surface area contributed by atoms with Crippen LogP contribution in [0.5, 0.6) is 0 Å². The fraction of sp³-hybridized carbons (Fsp3) is 1.00. The number of halogens is 2. The predicted octanol–water partition coefficient (Wildman–Crippen LogP) is -4.35. The Balaban J connectivity index is 1.91. The number of aliphatic hydroxyl groups is 9. The summed E-state index contributed by atoms with van der Waals surface area (Å²) in [6, 6.07) is 0. The number of aliphatic hydroxyl groups excluding tert-OH is 9. The maximum atomic E-state index is 13.9. The van der Waals surface area contributed by atoms with Gasteiger partial charge in [-0.25, -0.2) is 8.78 Å². The highest BCUT2D eigenvalue weighted by Gasteiger charge is 2.55. The highest BCUT2D eigenvalue weighted by molar-refractivity contribution is 4.97. The van der Waals surface area contributed by atoms with Gasteiger partial charge in [0.05, 0.1) is 32.5 Å². The first-order chi connectivity index (χ1) is 21.8. The Bertz CT molecular complexity index is 899. The van der Waals surface area contributed by atoms with Gasteiger partial charge in [0.25, 0.3) is 5.92 Å². The van der Waals surface area contributed by atoms with Crippen molar-refractivity contribution in [2.24, 2.45) is 5.73 Å². The van der Waals surface area contributed by atoms with E-state index in [1.165, 1.54) is 0 Å². The Hall–Kier alpha value is -0.820. The zero-order valence-corrected chi connectivity index (χ0v) is 25.6. The van der Waals surface area contributed by atoms with Crippen molar-refractivity contribution in [2.45, 2.75) is 137 Å². The lowest BCUT2D eigenvalue weighted by atomic mass is 9.96. The topological polar surface area (TPSA) is 273 Å². The molecule has 0 saturated carbocycles. The van der Waals surface area contributed by atoms with Crippen molar-refractivity contribution in [3.63, 3.8) is 0 Å². The second-order valence-corrected chi connectivity index (χ2v) is 11.6. The summed E-state index contributed by atoms with van der Waals surface area (Å²) < 4.78 is 67.0. The first-order valence-electron chi connectivity index (χ1n) is 15.3. The molecular formula is C27H49F2NO16. The molecule has 0 aliphatic carbocycles. The Labute approximate surface area is 264 Å². The van der Waals surface area contributed by atoms with Crippen molar-refractivity contribution < 1.29 is 87.9 Å². The molecule has 0 radical (unpaired) electrons. The fourth-order valence-corrected chi connectivity index (χ4v) is 5.46. The van der Waals surface area contributed by atoms with Crippen LogP contribution < -0.4 is 5.73 Å². The van der Waals surface area contributed by atoms with E-state index in [0.29, 0.717) is 12.8 Å². The molecule has 0 bridgehead atoms. The molecule has 46 heavy (non-hydrogen) atoms.